The molecule has 0 spiro atoms. The van der Waals surface area contributed by atoms with Crippen molar-refractivity contribution in [2.45, 2.75) is 6.61 Å². The molecule has 0 aliphatic rings. The van der Waals surface area contributed by atoms with E-state index in [2.05, 4.69) is 5.32 Å². The van der Waals surface area contributed by atoms with Crippen LogP contribution in [0.4, 0.5) is 5.69 Å². The molecular weight excluding hydrogens is 250 g/mol. The molecule has 0 aliphatic heterocycles. The Labute approximate surface area is 110 Å². The van der Waals surface area contributed by atoms with Crippen molar-refractivity contribution in [3.05, 3.63) is 59.1 Å². The minimum Gasteiger partial charge on any atom is -0.489 e. The van der Waals surface area contributed by atoms with Crippen LogP contribution in [0.2, 0.25) is 5.02 Å². The van der Waals surface area contributed by atoms with E-state index in [0.717, 1.165) is 17.0 Å². The first kappa shape index (κ1) is 12.5. The molecule has 4 heteroatoms. The highest BCUT2D eigenvalue weighted by Crippen LogP contribution is 2.17. The largest absolute Gasteiger partial charge is 0.489 e. The number of nitrogens with one attached hydrogen (secondary N) is 1. The molecule has 92 valence electrons. The topological polar surface area (TPSA) is 38.3 Å². The third kappa shape index (κ3) is 3.50. The Morgan fingerprint density at radius 1 is 1.06 bits per heavy atom. The number of carbonyl (C=O) groups excluding carboxylic acids is 1. The predicted molar refractivity (Wildman–Crippen MR) is 71.9 cm³/mol. The van der Waals surface area contributed by atoms with Crippen LogP contribution in [0.25, 0.3) is 0 Å². The fraction of sp³-hybridized carbons (Fsp3) is 0.0714. The zero-order valence-corrected chi connectivity index (χ0v) is 10.4. The van der Waals surface area contributed by atoms with Gasteiger partial charge < -0.3 is 10.1 Å². The number of carbonyl (C=O) groups is 1. The van der Waals surface area contributed by atoms with Crippen LogP contribution in [-0.4, -0.2) is 6.41 Å². The summed E-state index contributed by atoms with van der Waals surface area (Å²) in [5.41, 5.74) is 1.79. The van der Waals surface area contributed by atoms with Crippen LogP contribution in [0.5, 0.6) is 5.75 Å². The van der Waals surface area contributed by atoms with Crippen molar-refractivity contribution < 1.29 is 9.53 Å². The van der Waals surface area contributed by atoms with Gasteiger partial charge in [-0.15, -0.1) is 0 Å². The number of hydrogen-bond donors (Lipinski definition) is 1. The van der Waals surface area contributed by atoms with Gasteiger partial charge in [0.05, 0.1) is 0 Å². The lowest BCUT2D eigenvalue weighted by Gasteiger charge is -2.07. The van der Waals surface area contributed by atoms with Gasteiger partial charge in [-0.05, 0) is 42.0 Å². The second-order valence-electron chi connectivity index (χ2n) is 3.70. The quantitative estimate of drug-likeness (QED) is 0.837. The monoisotopic (exact) mass is 261 g/mol. The van der Waals surface area contributed by atoms with Crippen LogP contribution < -0.4 is 10.1 Å². The predicted octanol–water partition coefficient (Wildman–Crippen LogP) is 3.49. The Morgan fingerprint density at radius 3 is 2.33 bits per heavy atom. The van der Waals surface area contributed by atoms with E-state index >= 15 is 0 Å². The molecule has 0 heterocycles. The maximum atomic E-state index is 10.2. The number of amides is 1. The van der Waals surface area contributed by atoms with Crippen molar-refractivity contribution in [1.82, 2.24) is 0 Å². The molecule has 0 unspecified atom stereocenters. The second-order valence-corrected chi connectivity index (χ2v) is 4.14. The molecule has 0 saturated carbocycles. The molecule has 0 atom stereocenters. The molecular formula is C14H12ClNO2. The summed E-state index contributed by atoms with van der Waals surface area (Å²) in [4.78, 5) is 10.2. The summed E-state index contributed by atoms with van der Waals surface area (Å²) in [5, 5.41) is 3.28. The first-order valence-electron chi connectivity index (χ1n) is 5.45. The minimum absolute atomic E-state index is 0.484. The molecule has 1 amide bonds. The fourth-order valence-corrected chi connectivity index (χ4v) is 1.59. The van der Waals surface area contributed by atoms with E-state index in [9.17, 15) is 4.79 Å². The van der Waals surface area contributed by atoms with Crippen molar-refractivity contribution >= 4 is 23.7 Å². The lowest BCUT2D eigenvalue weighted by atomic mass is 10.2. The maximum Gasteiger partial charge on any atom is 0.211 e. The number of rotatable bonds is 5. The summed E-state index contributed by atoms with van der Waals surface area (Å²) in [5.74, 6) is 0.751. The SMILES string of the molecule is O=CNc1ccc(OCc2ccc(Cl)cc2)cc1. The molecule has 18 heavy (non-hydrogen) atoms. The fourth-order valence-electron chi connectivity index (χ4n) is 1.46. The molecule has 0 radical (unpaired) electrons. The third-order valence-corrected chi connectivity index (χ3v) is 2.65. The number of ether oxygens (including phenoxy) is 1. The summed E-state index contributed by atoms with van der Waals surface area (Å²) in [6, 6.07) is 14.7. The average molecular weight is 262 g/mol. The molecule has 2 aromatic rings. The van der Waals surface area contributed by atoms with Crippen LogP contribution in [0.15, 0.2) is 48.5 Å². The van der Waals surface area contributed by atoms with Crippen LogP contribution in [0.1, 0.15) is 5.56 Å². The van der Waals surface area contributed by atoms with E-state index in [4.69, 9.17) is 16.3 Å². The van der Waals surface area contributed by atoms with Gasteiger partial charge in [-0.25, -0.2) is 0 Å². The lowest BCUT2D eigenvalue weighted by Crippen LogP contribution is -1.96. The third-order valence-electron chi connectivity index (χ3n) is 2.40. The zero-order valence-electron chi connectivity index (χ0n) is 9.60. The van der Waals surface area contributed by atoms with E-state index in [-0.39, 0.29) is 0 Å². The van der Waals surface area contributed by atoms with E-state index in [0.29, 0.717) is 18.0 Å². The van der Waals surface area contributed by atoms with E-state index in [1.807, 2.05) is 36.4 Å². The lowest BCUT2D eigenvalue weighted by molar-refractivity contribution is -0.105. The van der Waals surface area contributed by atoms with Crippen LogP contribution in [-0.2, 0) is 11.4 Å². The van der Waals surface area contributed by atoms with Crippen molar-refractivity contribution in [2.24, 2.45) is 0 Å². The molecule has 0 bridgehead atoms. The van der Waals surface area contributed by atoms with E-state index < -0.39 is 0 Å². The van der Waals surface area contributed by atoms with Crippen LogP contribution in [0.3, 0.4) is 0 Å². The maximum absolute atomic E-state index is 10.2. The molecule has 0 saturated heterocycles. The van der Waals surface area contributed by atoms with Crippen molar-refractivity contribution in [2.75, 3.05) is 5.32 Å². The molecule has 2 rings (SSSR count). The standard InChI is InChI=1S/C14H12ClNO2/c15-12-3-1-11(2-4-12)9-18-14-7-5-13(6-8-14)16-10-17/h1-8,10H,9H2,(H,16,17). The van der Waals surface area contributed by atoms with Gasteiger partial charge in [-0.2, -0.15) is 0 Å². The van der Waals surface area contributed by atoms with Gasteiger partial charge in [0.1, 0.15) is 12.4 Å². The highest BCUT2D eigenvalue weighted by molar-refractivity contribution is 6.30. The summed E-state index contributed by atoms with van der Waals surface area (Å²) >= 11 is 5.80. The van der Waals surface area contributed by atoms with Gasteiger partial charge in [0.2, 0.25) is 6.41 Å². The molecule has 0 fully saturated rings. The Kier molecular flexibility index (Phi) is 4.20. The van der Waals surface area contributed by atoms with Crippen molar-refractivity contribution in [3.8, 4) is 5.75 Å². The summed E-state index contributed by atoms with van der Waals surface area (Å²) in [6.45, 7) is 0.484. The van der Waals surface area contributed by atoms with Gasteiger partial charge in [0.25, 0.3) is 0 Å². The number of anilines is 1. The Hall–Kier alpha value is -2.00. The van der Waals surface area contributed by atoms with Gasteiger partial charge in [0, 0.05) is 10.7 Å². The molecule has 1 N–H and O–H groups in total. The highest BCUT2D eigenvalue weighted by Gasteiger charge is 1.97. The van der Waals surface area contributed by atoms with Gasteiger partial charge >= 0.3 is 0 Å². The van der Waals surface area contributed by atoms with Crippen molar-refractivity contribution in [3.63, 3.8) is 0 Å². The highest BCUT2D eigenvalue weighted by atomic mass is 35.5. The zero-order chi connectivity index (χ0) is 12.8. The number of benzene rings is 2. The average Bonchev–Trinajstić information content (AvgIpc) is 2.40. The Balaban J connectivity index is 1.93. The molecule has 3 nitrogen and oxygen atoms in total. The van der Waals surface area contributed by atoms with E-state index in [1.54, 1.807) is 12.1 Å². The van der Waals surface area contributed by atoms with Gasteiger partial charge in [-0.3, -0.25) is 4.79 Å². The first-order chi connectivity index (χ1) is 8.78. The minimum atomic E-state index is 0.484. The van der Waals surface area contributed by atoms with Gasteiger partial charge in [0.15, 0.2) is 0 Å². The Morgan fingerprint density at radius 2 is 1.72 bits per heavy atom. The summed E-state index contributed by atoms with van der Waals surface area (Å²) in [6.07, 6.45) is 0.642. The summed E-state index contributed by atoms with van der Waals surface area (Å²) in [7, 11) is 0. The van der Waals surface area contributed by atoms with Crippen LogP contribution >= 0.6 is 11.6 Å². The summed E-state index contributed by atoms with van der Waals surface area (Å²) < 4.78 is 5.61. The first-order valence-corrected chi connectivity index (χ1v) is 5.83. The number of halogens is 1. The molecule has 0 aromatic heterocycles. The van der Waals surface area contributed by atoms with Crippen molar-refractivity contribution in [1.29, 1.82) is 0 Å². The smallest absolute Gasteiger partial charge is 0.211 e. The van der Waals surface area contributed by atoms with Crippen LogP contribution in [0, 0.1) is 0 Å². The molecule has 2 aromatic carbocycles. The Bertz CT molecular complexity index is 508. The van der Waals surface area contributed by atoms with E-state index in [1.165, 1.54) is 0 Å². The van der Waals surface area contributed by atoms with Gasteiger partial charge in [-0.1, -0.05) is 23.7 Å². The number of hydrogen-bond acceptors (Lipinski definition) is 2. The second kappa shape index (κ2) is 6.07. The molecule has 0 aliphatic carbocycles. The normalized spacial score (nSPS) is 9.83.